The van der Waals surface area contributed by atoms with Crippen molar-refractivity contribution in [1.29, 1.82) is 0 Å². The highest BCUT2D eigenvalue weighted by Gasteiger charge is 2.15. The molecule has 18 heavy (non-hydrogen) atoms. The number of hydrogen-bond acceptors (Lipinski definition) is 5. The number of carbonyl (C=O) groups excluding carboxylic acids is 1. The maximum atomic E-state index is 13.7. The molecule has 0 radical (unpaired) electrons. The second kappa shape index (κ2) is 6.49. The molecule has 6 heteroatoms. The van der Waals surface area contributed by atoms with E-state index in [0.29, 0.717) is 0 Å². The van der Waals surface area contributed by atoms with Crippen LogP contribution in [0.1, 0.15) is 17.3 Å². The number of ether oxygens (including phenoxy) is 1. The van der Waals surface area contributed by atoms with Crippen LogP contribution in [-0.2, 0) is 4.74 Å². The maximum Gasteiger partial charge on any atom is 0.340 e. The minimum absolute atomic E-state index is 0.0717. The molecule has 0 aliphatic rings. The topological polar surface area (TPSA) is 64.3 Å². The van der Waals surface area contributed by atoms with E-state index in [4.69, 9.17) is 5.73 Å². The molecule has 0 spiro atoms. The summed E-state index contributed by atoms with van der Waals surface area (Å²) in [5, 5.41) is 3.00. The number of halogens is 1. The lowest BCUT2D eigenvalue weighted by atomic mass is 10.1. The summed E-state index contributed by atoms with van der Waals surface area (Å²) in [7, 11) is 1.26. The first kappa shape index (κ1) is 14.6. The van der Waals surface area contributed by atoms with Gasteiger partial charge in [0.2, 0.25) is 0 Å². The van der Waals surface area contributed by atoms with Gasteiger partial charge in [0.1, 0.15) is 5.82 Å². The molecule has 0 aromatic heterocycles. The van der Waals surface area contributed by atoms with Gasteiger partial charge in [0.25, 0.3) is 0 Å². The predicted octanol–water partition coefficient (Wildman–Crippen LogP) is 2.36. The third kappa shape index (κ3) is 3.53. The minimum Gasteiger partial charge on any atom is -0.465 e. The number of benzene rings is 1. The first-order valence-electron chi connectivity index (χ1n) is 5.42. The van der Waals surface area contributed by atoms with Crippen LogP contribution in [0.25, 0.3) is 0 Å². The number of anilines is 2. The monoisotopic (exact) mass is 272 g/mol. The van der Waals surface area contributed by atoms with Crippen molar-refractivity contribution in [3.63, 3.8) is 0 Å². The second-order valence-electron chi connectivity index (χ2n) is 3.91. The van der Waals surface area contributed by atoms with Crippen molar-refractivity contribution >= 4 is 29.1 Å². The molecule has 0 fully saturated rings. The van der Waals surface area contributed by atoms with Gasteiger partial charge in [-0.15, -0.1) is 0 Å². The quantitative estimate of drug-likeness (QED) is 0.636. The Labute approximate surface area is 110 Å². The minimum atomic E-state index is -0.576. The lowest BCUT2D eigenvalue weighted by Crippen LogP contribution is -2.19. The van der Waals surface area contributed by atoms with E-state index in [1.165, 1.54) is 13.2 Å². The van der Waals surface area contributed by atoms with Gasteiger partial charge in [-0.2, -0.15) is 11.8 Å². The molecule has 1 unspecified atom stereocenters. The number of methoxy groups -OCH3 is 1. The zero-order valence-corrected chi connectivity index (χ0v) is 11.4. The van der Waals surface area contributed by atoms with Gasteiger partial charge in [0.05, 0.1) is 18.4 Å². The molecule has 1 aromatic rings. The Morgan fingerprint density at radius 1 is 1.61 bits per heavy atom. The number of nitrogen functional groups attached to an aromatic ring is 1. The van der Waals surface area contributed by atoms with Gasteiger partial charge in [-0.25, -0.2) is 9.18 Å². The Hall–Kier alpha value is -1.43. The number of thioether (sulfide) groups is 1. The highest BCUT2D eigenvalue weighted by atomic mass is 32.2. The molecule has 1 rings (SSSR count). The molecule has 0 heterocycles. The van der Waals surface area contributed by atoms with Gasteiger partial charge in [-0.1, -0.05) is 0 Å². The standard InChI is InChI=1S/C12H17FN2O2S/c1-7(6-18-3)15-11-4-8(12(16)17-2)10(14)5-9(11)13/h4-5,7,15H,6,14H2,1-3H3. The SMILES string of the molecule is COC(=O)c1cc(NC(C)CSC)c(F)cc1N. The van der Waals surface area contributed by atoms with E-state index < -0.39 is 11.8 Å². The number of rotatable bonds is 5. The lowest BCUT2D eigenvalue weighted by Gasteiger charge is -2.16. The number of nitrogens with one attached hydrogen (secondary N) is 1. The molecule has 4 nitrogen and oxygen atoms in total. The van der Waals surface area contributed by atoms with Crippen molar-refractivity contribution in [1.82, 2.24) is 0 Å². The Kier molecular flexibility index (Phi) is 5.27. The van der Waals surface area contributed by atoms with E-state index in [0.717, 1.165) is 11.8 Å². The van der Waals surface area contributed by atoms with Gasteiger partial charge in [0, 0.05) is 17.5 Å². The van der Waals surface area contributed by atoms with Gasteiger partial charge in [-0.05, 0) is 25.3 Å². The van der Waals surface area contributed by atoms with E-state index in [1.807, 2.05) is 13.2 Å². The second-order valence-corrected chi connectivity index (χ2v) is 4.82. The van der Waals surface area contributed by atoms with E-state index in [9.17, 15) is 9.18 Å². The van der Waals surface area contributed by atoms with Gasteiger partial charge in [0.15, 0.2) is 0 Å². The summed E-state index contributed by atoms with van der Waals surface area (Å²) in [5.74, 6) is -0.224. The predicted molar refractivity (Wildman–Crippen MR) is 73.6 cm³/mol. The van der Waals surface area contributed by atoms with Gasteiger partial charge in [-0.3, -0.25) is 0 Å². The van der Waals surface area contributed by atoms with Crippen LogP contribution in [0.2, 0.25) is 0 Å². The van der Waals surface area contributed by atoms with Crippen LogP contribution in [0.4, 0.5) is 15.8 Å². The Bertz CT molecular complexity index is 440. The van der Waals surface area contributed by atoms with Crippen molar-refractivity contribution in [3.8, 4) is 0 Å². The van der Waals surface area contributed by atoms with E-state index >= 15 is 0 Å². The molecule has 0 aliphatic heterocycles. The lowest BCUT2D eigenvalue weighted by molar-refractivity contribution is 0.0602. The molecular weight excluding hydrogens is 255 g/mol. The molecule has 1 aromatic carbocycles. The summed E-state index contributed by atoms with van der Waals surface area (Å²) in [5.41, 5.74) is 6.08. The van der Waals surface area contributed by atoms with Crippen molar-refractivity contribution in [3.05, 3.63) is 23.5 Å². The van der Waals surface area contributed by atoms with Crippen molar-refractivity contribution in [2.45, 2.75) is 13.0 Å². The van der Waals surface area contributed by atoms with Crippen molar-refractivity contribution in [2.75, 3.05) is 30.2 Å². The number of hydrogen-bond donors (Lipinski definition) is 2. The first-order valence-corrected chi connectivity index (χ1v) is 6.81. The van der Waals surface area contributed by atoms with Gasteiger partial charge >= 0.3 is 5.97 Å². The zero-order chi connectivity index (χ0) is 13.7. The summed E-state index contributed by atoms with van der Waals surface area (Å²) in [6, 6.07) is 2.59. The van der Waals surface area contributed by atoms with E-state index in [1.54, 1.807) is 11.8 Å². The molecule has 1 atom stereocenters. The van der Waals surface area contributed by atoms with Crippen LogP contribution in [0.15, 0.2) is 12.1 Å². The molecule has 100 valence electrons. The Morgan fingerprint density at radius 3 is 2.83 bits per heavy atom. The Morgan fingerprint density at radius 2 is 2.28 bits per heavy atom. The smallest absolute Gasteiger partial charge is 0.340 e. The summed E-state index contributed by atoms with van der Waals surface area (Å²) in [4.78, 5) is 11.5. The summed E-state index contributed by atoms with van der Waals surface area (Å²) >= 11 is 1.65. The average molecular weight is 272 g/mol. The highest BCUT2D eigenvalue weighted by molar-refractivity contribution is 7.98. The fourth-order valence-corrected chi connectivity index (χ4v) is 2.13. The summed E-state index contributed by atoms with van der Waals surface area (Å²) in [6.45, 7) is 1.93. The molecule has 0 aliphatic carbocycles. The molecular formula is C12H17FN2O2S. The van der Waals surface area contributed by atoms with Gasteiger partial charge < -0.3 is 15.8 Å². The van der Waals surface area contributed by atoms with Crippen LogP contribution in [0.3, 0.4) is 0 Å². The third-order valence-electron chi connectivity index (χ3n) is 2.36. The molecule has 3 N–H and O–H groups in total. The largest absolute Gasteiger partial charge is 0.465 e. The van der Waals surface area contributed by atoms with Crippen LogP contribution in [0.5, 0.6) is 0 Å². The maximum absolute atomic E-state index is 13.7. The van der Waals surface area contributed by atoms with E-state index in [2.05, 4.69) is 10.1 Å². The Balaban J connectivity index is 3.01. The third-order valence-corrected chi connectivity index (χ3v) is 3.20. The molecule has 0 saturated heterocycles. The average Bonchev–Trinajstić information content (AvgIpc) is 2.32. The zero-order valence-electron chi connectivity index (χ0n) is 10.6. The van der Waals surface area contributed by atoms with E-state index in [-0.39, 0.29) is 23.0 Å². The highest BCUT2D eigenvalue weighted by Crippen LogP contribution is 2.23. The fraction of sp³-hybridized carbons (Fsp3) is 0.417. The number of nitrogens with two attached hydrogens (primary N) is 1. The summed E-state index contributed by atoms with van der Waals surface area (Å²) < 4.78 is 18.3. The van der Waals surface area contributed by atoms with Crippen LogP contribution >= 0.6 is 11.8 Å². The number of carbonyl (C=O) groups is 1. The van der Waals surface area contributed by atoms with Crippen LogP contribution in [-0.4, -0.2) is 31.1 Å². The molecule has 0 saturated carbocycles. The fourth-order valence-electron chi connectivity index (χ4n) is 1.54. The normalized spacial score (nSPS) is 12.0. The summed E-state index contributed by atoms with van der Waals surface area (Å²) in [6.07, 6.45) is 1.97. The molecule has 0 amide bonds. The van der Waals surface area contributed by atoms with Crippen molar-refractivity contribution in [2.24, 2.45) is 0 Å². The van der Waals surface area contributed by atoms with Crippen LogP contribution in [0, 0.1) is 5.82 Å². The number of esters is 1. The van der Waals surface area contributed by atoms with Crippen LogP contribution < -0.4 is 11.1 Å². The molecule has 0 bridgehead atoms. The first-order chi connectivity index (χ1) is 8.49. The van der Waals surface area contributed by atoms with Crippen molar-refractivity contribution < 1.29 is 13.9 Å².